The van der Waals surface area contributed by atoms with E-state index in [2.05, 4.69) is 143 Å². The second-order valence-electron chi connectivity index (χ2n) is 13.3. The van der Waals surface area contributed by atoms with Crippen molar-refractivity contribution in [3.05, 3.63) is 186 Å². The van der Waals surface area contributed by atoms with E-state index in [1.165, 1.54) is 21.5 Å². The molecule has 0 amide bonds. The molecular weight excluding hydrogens is 623 g/mol. The van der Waals surface area contributed by atoms with Crippen LogP contribution in [0.3, 0.4) is 0 Å². The Bertz CT molecular complexity index is 3240. The van der Waals surface area contributed by atoms with Crippen molar-refractivity contribution in [3.63, 3.8) is 0 Å². The molecule has 0 spiro atoms. The first-order valence-corrected chi connectivity index (χ1v) is 17.3. The number of hydrogen-bond donors (Lipinski definition) is 0. The minimum Gasteiger partial charge on any atom is -0.309 e. The smallest absolute Gasteiger partial charge is 0.263 e. The highest BCUT2D eigenvalue weighted by atomic mass is 16.1. The summed E-state index contributed by atoms with van der Waals surface area (Å²) >= 11 is 0. The van der Waals surface area contributed by atoms with Gasteiger partial charge in [-0.25, -0.2) is 0 Å². The fourth-order valence-electron chi connectivity index (χ4n) is 8.41. The molecule has 0 aliphatic heterocycles. The van der Waals surface area contributed by atoms with E-state index in [1.807, 2.05) is 47.0 Å². The van der Waals surface area contributed by atoms with Crippen molar-refractivity contribution < 1.29 is 0 Å². The molecule has 0 fully saturated rings. The number of hydrogen-bond acceptors (Lipinski definition) is 1. The van der Waals surface area contributed by atoms with Gasteiger partial charge in [0.15, 0.2) is 0 Å². The van der Waals surface area contributed by atoms with E-state index in [9.17, 15) is 0 Å². The number of para-hydroxylation sites is 4. The van der Waals surface area contributed by atoms with Gasteiger partial charge in [-0.1, -0.05) is 103 Å². The van der Waals surface area contributed by atoms with E-state index in [0.29, 0.717) is 5.39 Å². The molecule has 11 rings (SSSR count). The molecule has 51 heavy (non-hydrogen) atoms. The molecule has 0 atom stereocenters. The third kappa shape index (κ3) is 3.93. The molecule has 0 saturated heterocycles. The van der Waals surface area contributed by atoms with Crippen LogP contribution in [0.15, 0.2) is 181 Å². The minimum atomic E-state index is -0.0398. The standard InChI is InChI=1S/C47H29N3O/c51-47-39-28-43-40(46-34-21-11-10-14-30(34)24-25-42(46)49(43)32-17-6-2-7-18-32)26-36(39)38-27-37-35-22-12-13-23-41(35)48(31-15-4-1-5-16-31)44(37)29-45(38)50(47)33-19-8-3-9-20-33/h1-29H. The highest BCUT2D eigenvalue weighted by Gasteiger charge is 2.21. The third-order valence-corrected chi connectivity index (χ3v) is 10.6. The first-order valence-electron chi connectivity index (χ1n) is 17.3. The molecule has 11 aromatic rings. The maximum Gasteiger partial charge on any atom is 0.263 e. The molecule has 0 N–H and O–H groups in total. The predicted molar refractivity (Wildman–Crippen MR) is 213 cm³/mol. The van der Waals surface area contributed by atoms with E-state index in [0.717, 1.165) is 66.2 Å². The summed E-state index contributed by atoms with van der Waals surface area (Å²) in [5.74, 6) is 0. The number of nitrogens with zero attached hydrogens (tertiary/aromatic N) is 3. The van der Waals surface area contributed by atoms with Gasteiger partial charge in [0.25, 0.3) is 5.56 Å². The van der Waals surface area contributed by atoms with Crippen LogP contribution in [0.1, 0.15) is 0 Å². The van der Waals surface area contributed by atoms with Gasteiger partial charge < -0.3 is 9.13 Å². The molecule has 0 saturated carbocycles. The Hall–Kier alpha value is -6.91. The topological polar surface area (TPSA) is 31.9 Å². The lowest BCUT2D eigenvalue weighted by atomic mass is 9.99. The zero-order valence-electron chi connectivity index (χ0n) is 27.5. The summed E-state index contributed by atoms with van der Waals surface area (Å²) in [4.78, 5) is 15.1. The summed E-state index contributed by atoms with van der Waals surface area (Å²) in [6.45, 7) is 0. The summed E-state index contributed by atoms with van der Waals surface area (Å²) < 4.78 is 6.53. The predicted octanol–water partition coefficient (Wildman–Crippen LogP) is 11.5. The molecule has 0 aliphatic carbocycles. The molecule has 8 aromatic carbocycles. The molecular formula is C47H29N3O. The molecule has 3 aromatic heterocycles. The van der Waals surface area contributed by atoms with Crippen LogP contribution in [0, 0.1) is 0 Å². The Balaban J connectivity index is 1.38. The fraction of sp³-hybridized carbons (Fsp3) is 0. The van der Waals surface area contributed by atoms with Gasteiger partial charge in [0.05, 0.1) is 33.0 Å². The van der Waals surface area contributed by atoms with Gasteiger partial charge in [-0.3, -0.25) is 9.36 Å². The van der Waals surface area contributed by atoms with Crippen LogP contribution in [-0.4, -0.2) is 13.7 Å². The summed E-state index contributed by atoms with van der Waals surface area (Å²) in [5, 5.41) is 9.72. The summed E-state index contributed by atoms with van der Waals surface area (Å²) in [6, 6.07) is 61.5. The van der Waals surface area contributed by atoms with Crippen molar-refractivity contribution >= 4 is 76.1 Å². The monoisotopic (exact) mass is 651 g/mol. The van der Waals surface area contributed by atoms with Gasteiger partial charge in [0.1, 0.15) is 0 Å². The quantitative estimate of drug-likeness (QED) is 0.175. The molecule has 3 heterocycles. The minimum absolute atomic E-state index is 0.0398. The van der Waals surface area contributed by atoms with Crippen LogP contribution >= 0.6 is 0 Å². The number of fused-ring (bicyclic) bond motifs is 11. The Labute approximate surface area is 292 Å². The van der Waals surface area contributed by atoms with Gasteiger partial charge in [-0.05, 0) is 89.0 Å². The highest BCUT2D eigenvalue weighted by Crippen LogP contribution is 2.41. The van der Waals surface area contributed by atoms with E-state index in [4.69, 9.17) is 0 Å². The Morgan fingerprint density at radius 1 is 0.294 bits per heavy atom. The number of rotatable bonds is 3. The zero-order valence-corrected chi connectivity index (χ0v) is 27.5. The molecule has 0 bridgehead atoms. The number of aromatic nitrogens is 3. The van der Waals surface area contributed by atoms with Crippen LogP contribution in [0.2, 0.25) is 0 Å². The summed E-state index contributed by atoms with van der Waals surface area (Å²) in [5.41, 5.74) is 8.14. The van der Waals surface area contributed by atoms with Gasteiger partial charge in [-0.2, -0.15) is 0 Å². The van der Waals surface area contributed by atoms with Crippen LogP contribution in [0.25, 0.3) is 93.1 Å². The number of benzene rings is 8. The summed E-state index contributed by atoms with van der Waals surface area (Å²) in [7, 11) is 0. The van der Waals surface area contributed by atoms with Crippen molar-refractivity contribution in [3.8, 4) is 17.1 Å². The molecule has 4 heteroatoms. The Kier molecular flexibility index (Phi) is 5.78. The van der Waals surface area contributed by atoms with Crippen molar-refractivity contribution in [1.29, 1.82) is 0 Å². The first kappa shape index (κ1) is 28.0. The largest absolute Gasteiger partial charge is 0.309 e. The number of pyridine rings is 1. The molecule has 238 valence electrons. The van der Waals surface area contributed by atoms with E-state index < -0.39 is 0 Å². The lowest BCUT2D eigenvalue weighted by molar-refractivity contribution is 1.06. The average Bonchev–Trinajstić information content (AvgIpc) is 3.70. The van der Waals surface area contributed by atoms with Crippen LogP contribution in [0.4, 0.5) is 0 Å². The van der Waals surface area contributed by atoms with Crippen molar-refractivity contribution in [2.45, 2.75) is 0 Å². The Morgan fingerprint density at radius 3 is 1.51 bits per heavy atom. The molecule has 0 radical (unpaired) electrons. The molecule has 0 unspecified atom stereocenters. The van der Waals surface area contributed by atoms with Gasteiger partial charge >= 0.3 is 0 Å². The molecule has 4 nitrogen and oxygen atoms in total. The first-order chi connectivity index (χ1) is 25.2. The van der Waals surface area contributed by atoms with Crippen LogP contribution in [-0.2, 0) is 0 Å². The van der Waals surface area contributed by atoms with E-state index >= 15 is 4.79 Å². The second kappa shape index (κ2) is 10.5. The fourth-order valence-corrected chi connectivity index (χ4v) is 8.41. The lowest BCUT2D eigenvalue weighted by Crippen LogP contribution is -2.19. The average molecular weight is 652 g/mol. The Morgan fingerprint density at radius 2 is 0.804 bits per heavy atom. The van der Waals surface area contributed by atoms with Crippen molar-refractivity contribution in [2.24, 2.45) is 0 Å². The zero-order chi connectivity index (χ0) is 33.6. The normalized spacial score (nSPS) is 12.0. The van der Waals surface area contributed by atoms with E-state index in [-0.39, 0.29) is 5.56 Å². The second-order valence-corrected chi connectivity index (χ2v) is 13.3. The van der Waals surface area contributed by atoms with Crippen LogP contribution < -0.4 is 5.56 Å². The summed E-state index contributed by atoms with van der Waals surface area (Å²) in [6.07, 6.45) is 0. The van der Waals surface area contributed by atoms with Gasteiger partial charge in [0, 0.05) is 44.0 Å². The van der Waals surface area contributed by atoms with Gasteiger partial charge in [-0.15, -0.1) is 0 Å². The van der Waals surface area contributed by atoms with Crippen LogP contribution in [0.5, 0.6) is 0 Å². The van der Waals surface area contributed by atoms with Crippen molar-refractivity contribution in [1.82, 2.24) is 13.7 Å². The van der Waals surface area contributed by atoms with E-state index in [1.54, 1.807) is 0 Å². The van der Waals surface area contributed by atoms with Gasteiger partial charge in [0.2, 0.25) is 0 Å². The van der Waals surface area contributed by atoms with Crippen molar-refractivity contribution in [2.75, 3.05) is 0 Å². The SMILES string of the molecule is O=c1c2cc3c(cc2c2cc4c5ccccc5n(-c5ccccc5)c4cc2n1-c1ccccc1)c1c2ccccc2ccc1n3-c1ccccc1. The maximum atomic E-state index is 15.1. The third-order valence-electron chi connectivity index (χ3n) is 10.6. The maximum absolute atomic E-state index is 15.1. The highest BCUT2D eigenvalue weighted by molar-refractivity contribution is 6.26. The molecule has 0 aliphatic rings. The lowest BCUT2D eigenvalue weighted by Gasteiger charge is -2.15.